The fourth-order valence-electron chi connectivity index (χ4n) is 3.58. The van der Waals surface area contributed by atoms with E-state index >= 15 is 0 Å². The van der Waals surface area contributed by atoms with Crippen molar-refractivity contribution in [3.05, 3.63) is 104 Å². The van der Waals surface area contributed by atoms with Crippen molar-refractivity contribution in [2.45, 2.75) is 18.9 Å². The smallest absolute Gasteiger partial charge is 0.270 e. The average Bonchev–Trinajstić information content (AvgIpc) is 2.77. The fraction of sp³-hybridized carbons (Fsp3) is 0.174. The number of hydrogen-bond donors (Lipinski definition) is 1. The Balaban J connectivity index is 1.68. The Kier molecular flexibility index (Phi) is 5.68. The zero-order valence-corrected chi connectivity index (χ0v) is 16.8. The number of nitrogens with zero attached hydrogens (tertiary/aromatic N) is 1. The largest absolute Gasteiger partial charge is 0.493 e. The van der Waals surface area contributed by atoms with E-state index in [0.717, 1.165) is 35.3 Å². The first-order valence-corrected chi connectivity index (χ1v) is 9.96. The van der Waals surface area contributed by atoms with Gasteiger partial charge in [0.2, 0.25) is 0 Å². The van der Waals surface area contributed by atoms with Crippen LogP contribution < -0.4 is 10.1 Å². The molecule has 0 fully saturated rings. The lowest BCUT2D eigenvalue weighted by Gasteiger charge is -2.23. The van der Waals surface area contributed by atoms with Gasteiger partial charge in [0.25, 0.3) is 11.6 Å². The molecule has 0 saturated carbocycles. The van der Waals surface area contributed by atoms with Gasteiger partial charge in [-0.15, -0.1) is 0 Å². The first-order chi connectivity index (χ1) is 14.5. The van der Waals surface area contributed by atoms with Gasteiger partial charge in [-0.2, -0.15) is 0 Å². The van der Waals surface area contributed by atoms with Crippen molar-refractivity contribution in [2.24, 2.45) is 0 Å². The number of carbonyl (C=O) groups is 1. The van der Waals surface area contributed by atoms with Crippen molar-refractivity contribution in [3.8, 4) is 5.75 Å². The molecule has 152 valence electrons. The number of nitro groups is 1. The van der Waals surface area contributed by atoms with E-state index in [-0.39, 0.29) is 16.3 Å². The zero-order chi connectivity index (χ0) is 21.1. The number of benzene rings is 3. The second-order valence-electron chi connectivity index (χ2n) is 7.06. The number of ether oxygens (including phenoxy) is 1. The van der Waals surface area contributed by atoms with Crippen LogP contribution in [0.1, 0.15) is 39.5 Å². The number of nitro benzene ring substituents is 1. The Bertz CT molecular complexity index is 1100. The second-order valence-corrected chi connectivity index (χ2v) is 7.46. The molecule has 30 heavy (non-hydrogen) atoms. The summed E-state index contributed by atoms with van der Waals surface area (Å²) in [5.74, 6) is 0.472. The molecule has 0 saturated heterocycles. The molecular weight excluding hydrogens is 404 g/mol. The number of carbonyl (C=O) groups excluding carboxylic acids is 1. The summed E-state index contributed by atoms with van der Waals surface area (Å²) in [5, 5.41) is 14.0. The number of fused-ring (bicyclic) bond motifs is 1. The quantitative estimate of drug-likeness (QED) is 0.458. The minimum Gasteiger partial charge on any atom is -0.493 e. The van der Waals surface area contributed by atoms with Crippen molar-refractivity contribution in [3.63, 3.8) is 0 Å². The van der Waals surface area contributed by atoms with Gasteiger partial charge < -0.3 is 10.1 Å². The van der Waals surface area contributed by atoms with E-state index < -0.39 is 16.9 Å². The third-order valence-electron chi connectivity index (χ3n) is 5.08. The van der Waals surface area contributed by atoms with Gasteiger partial charge in [0.05, 0.1) is 28.2 Å². The molecule has 1 N–H and O–H groups in total. The number of nitrogens with one attached hydrogen (secondary N) is 1. The van der Waals surface area contributed by atoms with Crippen LogP contribution in [-0.4, -0.2) is 17.4 Å². The monoisotopic (exact) mass is 422 g/mol. The molecule has 3 aromatic rings. The van der Waals surface area contributed by atoms with Crippen LogP contribution in [0, 0.1) is 10.1 Å². The number of amides is 1. The highest BCUT2D eigenvalue weighted by Crippen LogP contribution is 2.31. The van der Waals surface area contributed by atoms with Crippen molar-refractivity contribution in [1.82, 2.24) is 5.32 Å². The van der Waals surface area contributed by atoms with E-state index in [4.69, 9.17) is 16.3 Å². The number of halogens is 1. The highest BCUT2D eigenvalue weighted by Gasteiger charge is 2.22. The molecule has 1 atom stereocenters. The van der Waals surface area contributed by atoms with Crippen LogP contribution >= 0.6 is 11.6 Å². The van der Waals surface area contributed by atoms with Crippen LogP contribution in [0.3, 0.4) is 0 Å². The summed E-state index contributed by atoms with van der Waals surface area (Å²) < 4.78 is 5.70. The molecule has 0 bridgehead atoms. The molecule has 0 radical (unpaired) electrons. The molecule has 4 rings (SSSR count). The molecule has 3 aromatic carbocycles. The summed E-state index contributed by atoms with van der Waals surface area (Å²) in [6, 6.07) is 19.0. The number of aryl methyl sites for hydroxylation is 1. The topological polar surface area (TPSA) is 81.5 Å². The SMILES string of the molecule is O=C(NC(c1ccccc1)c1ccc2c(c1)CCCO2)c1ccc([N+](=O)[O-])cc1Cl. The predicted octanol–water partition coefficient (Wildman–Crippen LogP) is 5.09. The lowest BCUT2D eigenvalue weighted by molar-refractivity contribution is -0.384. The molecule has 1 aliphatic rings. The van der Waals surface area contributed by atoms with Gasteiger partial charge in [-0.1, -0.05) is 48.0 Å². The third kappa shape index (κ3) is 4.14. The molecule has 0 aliphatic carbocycles. The van der Waals surface area contributed by atoms with Gasteiger partial charge in [-0.3, -0.25) is 14.9 Å². The average molecular weight is 423 g/mol. The summed E-state index contributed by atoms with van der Waals surface area (Å²) >= 11 is 6.16. The maximum Gasteiger partial charge on any atom is 0.270 e. The van der Waals surface area contributed by atoms with Crippen LogP contribution in [0.5, 0.6) is 5.75 Å². The van der Waals surface area contributed by atoms with Gasteiger partial charge in [-0.25, -0.2) is 0 Å². The van der Waals surface area contributed by atoms with Crippen molar-refractivity contribution < 1.29 is 14.5 Å². The summed E-state index contributed by atoms with van der Waals surface area (Å²) in [7, 11) is 0. The van der Waals surface area contributed by atoms with Crippen LogP contribution in [-0.2, 0) is 6.42 Å². The molecule has 1 aliphatic heterocycles. The van der Waals surface area contributed by atoms with E-state index in [9.17, 15) is 14.9 Å². The number of rotatable bonds is 5. The van der Waals surface area contributed by atoms with Crippen molar-refractivity contribution >= 4 is 23.2 Å². The highest BCUT2D eigenvalue weighted by molar-refractivity contribution is 6.34. The lowest BCUT2D eigenvalue weighted by Crippen LogP contribution is -2.29. The zero-order valence-electron chi connectivity index (χ0n) is 16.0. The first-order valence-electron chi connectivity index (χ1n) is 9.58. The van der Waals surface area contributed by atoms with Gasteiger partial charge >= 0.3 is 0 Å². The van der Waals surface area contributed by atoms with Crippen LogP contribution in [0.4, 0.5) is 5.69 Å². The van der Waals surface area contributed by atoms with Gasteiger partial charge in [0.1, 0.15) is 5.75 Å². The number of hydrogen-bond acceptors (Lipinski definition) is 4. The molecular formula is C23H19ClN2O4. The molecule has 1 amide bonds. The van der Waals surface area contributed by atoms with Crippen LogP contribution in [0.2, 0.25) is 5.02 Å². The van der Waals surface area contributed by atoms with Crippen LogP contribution in [0.25, 0.3) is 0 Å². The van der Waals surface area contributed by atoms with E-state index in [0.29, 0.717) is 6.61 Å². The van der Waals surface area contributed by atoms with Gasteiger partial charge in [-0.05, 0) is 47.7 Å². The first kappa shape index (κ1) is 19.9. The molecule has 1 heterocycles. The predicted molar refractivity (Wildman–Crippen MR) is 114 cm³/mol. The van der Waals surface area contributed by atoms with Crippen molar-refractivity contribution in [2.75, 3.05) is 6.61 Å². The Morgan fingerprint density at radius 3 is 2.60 bits per heavy atom. The van der Waals surface area contributed by atoms with E-state index in [1.807, 2.05) is 42.5 Å². The molecule has 0 aromatic heterocycles. The minimum absolute atomic E-state index is 0.0346. The lowest BCUT2D eigenvalue weighted by atomic mass is 9.94. The Morgan fingerprint density at radius 1 is 1.07 bits per heavy atom. The van der Waals surface area contributed by atoms with Gasteiger partial charge in [0, 0.05) is 12.1 Å². The van der Waals surface area contributed by atoms with Gasteiger partial charge in [0.15, 0.2) is 0 Å². The van der Waals surface area contributed by atoms with Crippen molar-refractivity contribution in [1.29, 1.82) is 0 Å². The maximum absolute atomic E-state index is 13.0. The van der Waals surface area contributed by atoms with E-state index in [2.05, 4.69) is 11.4 Å². The number of non-ortho nitro benzene ring substituents is 1. The minimum atomic E-state index is -0.546. The van der Waals surface area contributed by atoms with E-state index in [1.165, 1.54) is 18.2 Å². The third-order valence-corrected chi connectivity index (χ3v) is 5.40. The Morgan fingerprint density at radius 2 is 1.87 bits per heavy atom. The summed E-state index contributed by atoms with van der Waals surface area (Å²) in [6.45, 7) is 0.712. The molecule has 1 unspecified atom stereocenters. The fourth-order valence-corrected chi connectivity index (χ4v) is 3.84. The Labute approximate surface area is 178 Å². The highest BCUT2D eigenvalue weighted by atomic mass is 35.5. The Hall–Kier alpha value is -3.38. The van der Waals surface area contributed by atoms with Crippen LogP contribution in [0.15, 0.2) is 66.7 Å². The molecule has 6 nitrogen and oxygen atoms in total. The summed E-state index contributed by atoms with van der Waals surface area (Å²) in [5.41, 5.74) is 2.98. The standard InChI is InChI=1S/C23H19ClN2O4/c24-20-14-18(26(28)29)9-10-19(20)23(27)25-22(15-5-2-1-3-6-15)17-8-11-21-16(13-17)7-4-12-30-21/h1-3,5-6,8-11,13-14,22H,4,7,12H2,(H,25,27). The normalized spacial score (nSPS) is 13.6. The molecule has 0 spiro atoms. The maximum atomic E-state index is 13.0. The van der Waals surface area contributed by atoms with E-state index in [1.54, 1.807) is 0 Å². The molecule has 7 heteroatoms. The second kappa shape index (κ2) is 8.55. The summed E-state index contributed by atoms with van der Waals surface area (Å²) in [6.07, 6.45) is 1.88. The summed E-state index contributed by atoms with van der Waals surface area (Å²) in [4.78, 5) is 23.4.